The van der Waals surface area contributed by atoms with Crippen LogP contribution >= 0.6 is 0 Å². The Balaban J connectivity index is 1.33. The van der Waals surface area contributed by atoms with Gasteiger partial charge in [-0.1, -0.05) is 31.2 Å². The van der Waals surface area contributed by atoms with E-state index in [9.17, 15) is 19.5 Å². The third-order valence-electron chi connectivity index (χ3n) is 7.21. The zero-order valence-electron chi connectivity index (χ0n) is 20.5. The van der Waals surface area contributed by atoms with Crippen molar-refractivity contribution in [3.63, 3.8) is 0 Å². The van der Waals surface area contributed by atoms with E-state index in [2.05, 4.69) is 11.9 Å². The number of allylic oxidation sites excluding steroid dienone is 4. The zero-order chi connectivity index (χ0) is 25.0. The van der Waals surface area contributed by atoms with Crippen molar-refractivity contribution in [3.05, 3.63) is 65.9 Å². The molecular formula is C28H35N3O4. The number of piperazine rings is 1. The van der Waals surface area contributed by atoms with Crippen LogP contribution in [0.15, 0.2) is 54.8 Å². The molecule has 3 aliphatic rings. The van der Waals surface area contributed by atoms with Gasteiger partial charge in [0.05, 0.1) is 0 Å². The van der Waals surface area contributed by atoms with Crippen LogP contribution in [0.4, 0.5) is 0 Å². The largest absolute Gasteiger partial charge is 0.380 e. The number of hydrogen-bond acceptors (Lipinski definition) is 4. The topological polar surface area (TPSA) is 90.0 Å². The summed E-state index contributed by atoms with van der Waals surface area (Å²) in [6.45, 7) is 7.51. The highest BCUT2D eigenvalue weighted by Crippen LogP contribution is 2.37. The number of carbonyl (C=O) groups is 3. The van der Waals surface area contributed by atoms with E-state index in [0.29, 0.717) is 62.6 Å². The zero-order valence-corrected chi connectivity index (χ0v) is 20.5. The SMILES string of the molecule is C=C/C=C(\C=C(/C)c1ccc(C(=O)N2CCN(C(=O)C3(O)CC3)CC2)cc1)NC(=O)CC1CCC1. The van der Waals surface area contributed by atoms with Gasteiger partial charge in [0, 0.05) is 43.9 Å². The van der Waals surface area contributed by atoms with Gasteiger partial charge in [-0.3, -0.25) is 14.4 Å². The highest BCUT2D eigenvalue weighted by Gasteiger charge is 2.50. The number of nitrogens with one attached hydrogen (secondary N) is 1. The summed E-state index contributed by atoms with van der Waals surface area (Å²) in [5.41, 5.74) is 2.06. The van der Waals surface area contributed by atoms with Crippen LogP contribution in [0.2, 0.25) is 0 Å². The fourth-order valence-electron chi connectivity index (χ4n) is 4.54. The van der Waals surface area contributed by atoms with Crippen molar-refractivity contribution in [2.45, 2.75) is 51.0 Å². The van der Waals surface area contributed by atoms with Crippen LogP contribution in [0.25, 0.3) is 5.57 Å². The predicted molar refractivity (Wildman–Crippen MR) is 135 cm³/mol. The molecule has 3 fully saturated rings. The minimum absolute atomic E-state index is 0.0286. The third kappa shape index (κ3) is 6.09. The van der Waals surface area contributed by atoms with Crippen LogP contribution in [0.1, 0.15) is 61.4 Å². The molecule has 0 aromatic heterocycles. The summed E-state index contributed by atoms with van der Waals surface area (Å²) in [7, 11) is 0. The maximum absolute atomic E-state index is 13.0. The van der Waals surface area contributed by atoms with E-state index in [1.54, 1.807) is 22.0 Å². The Morgan fingerprint density at radius 1 is 1.06 bits per heavy atom. The van der Waals surface area contributed by atoms with Crippen molar-refractivity contribution >= 4 is 23.3 Å². The smallest absolute Gasteiger partial charge is 0.254 e. The fourth-order valence-corrected chi connectivity index (χ4v) is 4.54. The van der Waals surface area contributed by atoms with Crippen LogP contribution in [-0.2, 0) is 9.59 Å². The highest BCUT2D eigenvalue weighted by molar-refractivity contribution is 5.95. The second-order valence-corrected chi connectivity index (χ2v) is 9.93. The van der Waals surface area contributed by atoms with Gasteiger partial charge in [-0.05, 0) is 73.9 Å². The van der Waals surface area contributed by atoms with Gasteiger partial charge in [0.15, 0.2) is 0 Å². The number of hydrogen-bond donors (Lipinski definition) is 2. The molecule has 1 aromatic rings. The molecule has 1 saturated heterocycles. The van der Waals surface area contributed by atoms with Gasteiger partial charge in [-0.15, -0.1) is 0 Å². The first-order chi connectivity index (χ1) is 16.8. The Labute approximate surface area is 207 Å². The first kappa shape index (κ1) is 24.9. The Bertz CT molecular complexity index is 1040. The second kappa shape index (κ2) is 10.6. The van der Waals surface area contributed by atoms with Gasteiger partial charge in [0.1, 0.15) is 5.60 Å². The van der Waals surface area contributed by atoms with E-state index in [0.717, 1.165) is 24.0 Å². The quantitative estimate of drug-likeness (QED) is 0.563. The fraction of sp³-hybridized carbons (Fsp3) is 0.464. The average Bonchev–Trinajstić information content (AvgIpc) is 3.59. The minimum Gasteiger partial charge on any atom is -0.380 e. The molecule has 35 heavy (non-hydrogen) atoms. The van der Waals surface area contributed by atoms with E-state index < -0.39 is 5.60 Å². The Kier molecular flexibility index (Phi) is 7.55. The lowest BCUT2D eigenvalue weighted by molar-refractivity contribution is -0.143. The van der Waals surface area contributed by atoms with E-state index in [4.69, 9.17) is 0 Å². The number of aliphatic hydroxyl groups is 1. The molecule has 7 nitrogen and oxygen atoms in total. The Morgan fingerprint density at radius 3 is 2.20 bits per heavy atom. The summed E-state index contributed by atoms with van der Waals surface area (Å²) in [4.78, 5) is 41.0. The predicted octanol–water partition coefficient (Wildman–Crippen LogP) is 3.28. The van der Waals surface area contributed by atoms with Gasteiger partial charge in [-0.25, -0.2) is 0 Å². The van der Waals surface area contributed by atoms with Crippen molar-refractivity contribution in [3.8, 4) is 0 Å². The number of benzene rings is 1. The maximum Gasteiger partial charge on any atom is 0.254 e. The molecule has 0 radical (unpaired) electrons. The van der Waals surface area contributed by atoms with Crippen molar-refractivity contribution in [2.75, 3.05) is 26.2 Å². The molecule has 2 saturated carbocycles. The third-order valence-corrected chi connectivity index (χ3v) is 7.21. The molecule has 2 aliphatic carbocycles. The number of rotatable bonds is 8. The number of nitrogens with zero attached hydrogens (tertiary/aromatic N) is 2. The van der Waals surface area contributed by atoms with Crippen molar-refractivity contribution < 1.29 is 19.5 Å². The van der Waals surface area contributed by atoms with Crippen LogP contribution < -0.4 is 5.32 Å². The standard InChI is InChI=1S/C28H35N3O4/c1-3-5-24(29-25(32)19-21-6-4-7-21)18-20(2)22-8-10-23(11-9-22)26(33)30-14-16-31(17-15-30)27(34)28(35)12-13-28/h3,5,8-11,18,21,35H,1,4,6-7,12-17,19H2,2H3,(H,29,32)/b20-18+,24-5+. The summed E-state index contributed by atoms with van der Waals surface area (Å²) in [5.74, 6) is 0.259. The average molecular weight is 478 g/mol. The summed E-state index contributed by atoms with van der Waals surface area (Å²) in [5, 5.41) is 13.0. The molecule has 0 atom stereocenters. The molecule has 2 N–H and O–H groups in total. The summed E-state index contributed by atoms with van der Waals surface area (Å²) < 4.78 is 0. The maximum atomic E-state index is 13.0. The first-order valence-electron chi connectivity index (χ1n) is 12.5. The summed E-state index contributed by atoms with van der Waals surface area (Å²) >= 11 is 0. The minimum atomic E-state index is -1.16. The number of amides is 3. The molecular weight excluding hydrogens is 442 g/mol. The van der Waals surface area contributed by atoms with Crippen LogP contribution in [0.3, 0.4) is 0 Å². The van der Waals surface area contributed by atoms with Gasteiger partial charge in [0.25, 0.3) is 11.8 Å². The van der Waals surface area contributed by atoms with Gasteiger partial charge in [0.2, 0.25) is 5.91 Å². The van der Waals surface area contributed by atoms with Crippen LogP contribution in [0, 0.1) is 5.92 Å². The van der Waals surface area contributed by atoms with Gasteiger partial charge >= 0.3 is 0 Å². The van der Waals surface area contributed by atoms with Crippen LogP contribution in [-0.4, -0.2) is 64.4 Å². The monoisotopic (exact) mass is 477 g/mol. The second-order valence-electron chi connectivity index (χ2n) is 9.93. The summed E-state index contributed by atoms with van der Waals surface area (Å²) in [6, 6.07) is 7.43. The molecule has 7 heteroatoms. The Hall–Kier alpha value is -3.19. The molecule has 1 aromatic carbocycles. The van der Waals surface area contributed by atoms with E-state index in [1.165, 1.54) is 6.42 Å². The lowest BCUT2D eigenvalue weighted by Crippen LogP contribution is -2.53. The van der Waals surface area contributed by atoms with Crippen molar-refractivity contribution in [2.24, 2.45) is 5.92 Å². The number of carbonyl (C=O) groups excluding carboxylic acids is 3. The van der Waals surface area contributed by atoms with Gasteiger partial charge < -0.3 is 20.2 Å². The Morgan fingerprint density at radius 2 is 1.66 bits per heavy atom. The van der Waals surface area contributed by atoms with E-state index >= 15 is 0 Å². The molecule has 0 bridgehead atoms. The lowest BCUT2D eigenvalue weighted by Gasteiger charge is -2.35. The molecule has 1 heterocycles. The van der Waals surface area contributed by atoms with Crippen molar-refractivity contribution in [1.82, 2.24) is 15.1 Å². The molecule has 0 spiro atoms. The molecule has 0 unspecified atom stereocenters. The molecule has 1 aliphatic heterocycles. The highest BCUT2D eigenvalue weighted by atomic mass is 16.3. The molecule has 3 amide bonds. The molecule has 4 rings (SSSR count). The normalized spacial score (nSPS) is 20.2. The van der Waals surface area contributed by atoms with E-state index in [-0.39, 0.29) is 17.7 Å². The lowest BCUT2D eigenvalue weighted by atomic mass is 9.83. The first-order valence-corrected chi connectivity index (χ1v) is 12.5. The van der Waals surface area contributed by atoms with Crippen LogP contribution in [0.5, 0.6) is 0 Å². The van der Waals surface area contributed by atoms with Crippen molar-refractivity contribution in [1.29, 1.82) is 0 Å². The van der Waals surface area contributed by atoms with E-state index in [1.807, 2.05) is 37.3 Å². The summed E-state index contributed by atoms with van der Waals surface area (Å²) in [6.07, 6.45) is 10.4. The molecule has 186 valence electrons. The van der Waals surface area contributed by atoms with Gasteiger partial charge in [-0.2, -0.15) is 0 Å².